The molecule has 12 heavy (non-hydrogen) atoms. The molecule has 2 heteroatoms. The molecule has 0 fully saturated rings. The van der Waals surface area contributed by atoms with Gasteiger partial charge in [0.1, 0.15) is 11.2 Å². The van der Waals surface area contributed by atoms with Crippen LogP contribution in [0, 0.1) is 0 Å². The maximum Gasteiger partial charge on any atom is 0.101 e. The molecule has 0 heterocycles. The zero-order chi connectivity index (χ0) is 9.57. The SMILES string of the molecule is CC1=C(C)C(C)(O)C=CC1(C)O. The second-order valence-electron chi connectivity index (χ2n) is 3.88. The van der Waals surface area contributed by atoms with Crippen molar-refractivity contribution < 1.29 is 10.2 Å². The average molecular weight is 168 g/mol. The van der Waals surface area contributed by atoms with E-state index in [0.717, 1.165) is 11.1 Å². The first-order valence-electron chi connectivity index (χ1n) is 4.11. The van der Waals surface area contributed by atoms with Crippen LogP contribution >= 0.6 is 0 Å². The van der Waals surface area contributed by atoms with Gasteiger partial charge in [-0.15, -0.1) is 0 Å². The third kappa shape index (κ3) is 1.32. The lowest BCUT2D eigenvalue weighted by atomic mass is 9.79. The molecule has 1 aliphatic rings. The van der Waals surface area contributed by atoms with Gasteiger partial charge in [0.2, 0.25) is 0 Å². The summed E-state index contributed by atoms with van der Waals surface area (Å²) in [7, 11) is 0. The van der Waals surface area contributed by atoms with Crippen molar-refractivity contribution in [2.24, 2.45) is 0 Å². The minimum absolute atomic E-state index is 0.829. The molecule has 0 spiro atoms. The van der Waals surface area contributed by atoms with Gasteiger partial charge in [-0.2, -0.15) is 0 Å². The fraction of sp³-hybridized carbons (Fsp3) is 0.600. The van der Waals surface area contributed by atoms with Crippen molar-refractivity contribution >= 4 is 0 Å². The first-order valence-corrected chi connectivity index (χ1v) is 4.11. The highest BCUT2D eigenvalue weighted by atomic mass is 16.3. The van der Waals surface area contributed by atoms with Crippen LogP contribution in [-0.4, -0.2) is 21.4 Å². The van der Waals surface area contributed by atoms with Crippen molar-refractivity contribution in [1.29, 1.82) is 0 Å². The Hall–Kier alpha value is -0.600. The summed E-state index contributed by atoms with van der Waals surface area (Å²) in [4.78, 5) is 0. The van der Waals surface area contributed by atoms with E-state index in [1.165, 1.54) is 0 Å². The van der Waals surface area contributed by atoms with Gasteiger partial charge in [-0.3, -0.25) is 0 Å². The highest BCUT2D eigenvalue weighted by Gasteiger charge is 2.32. The molecule has 0 bridgehead atoms. The van der Waals surface area contributed by atoms with Crippen molar-refractivity contribution in [2.75, 3.05) is 0 Å². The lowest BCUT2D eigenvalue weighted by Crippen LogP contribution is -2.35. The van der Waals surface area contributed by atoms with Crippen LogP contribution < -0.4 is 0 Å². The van der Waals surface area contributed by atoms with E-state index in [4.69, 9.17) is 0 Å². The molecule has 68 valence electrons. The molecule has 0 saturated carbocycles. The van der Waals surface area contributed by atoms with Crippen LogP contribution in [-0.2, 0) is 0 Å². The van der Waals surface area contributed by atoms with Crippen molar-refractivity contribution in [2.45, 2.75) is 38.9 Å². The zero-order valence-electron chi connectivity index (χ0n) is 8.05. The highest BCUT2D eigenvalue weighted by Crippen LogP contribution is 2.33. The van der Waals surface area contributed by atoms with E-state index in [-0.39, 0.29) is 0 Å². The van der Waals surface area contributed by atoms with Gasteiger partial charge in [0.25, 0.3) is 0 Å². The number of aliphatic hydroxyl groups is 2. The molecule has 2 unspecified atom stereocenters. The molecule has 2 atom stereocenters. The molecule has 0 aromatic carbocycles. The van der Waals surface area contributed by atoms with E-state index in [9.17, 15) is 10.2 Å². The van der Waals surface area contributed by atoms with Crippen LogP contribution in [0.3, 0.4) is 0 Å². The van der Waals surface area contributed by atoms with Gasteiger partial charge in [-0.1, -0.05) is 12.2 Å². The van der Waals surface area contributed by atoms with Crippen LogP contribution in [0.4, 0.5) is 0 Å². The topological polar surface area (TPSA) is 40.5 Å². The lowest BCUT2D eigenvalue weighted by Gasteiger charge is -2.34. The summed E-state index contributed by atoms with van der Waals surface area (Å²) in [6.07, 6.45) is 3.27. The molecule has 0 amide bonds. The minimum atomic E-state index is -0.897. The number of hydrogen-bond donors (Lipinski definition) is 2. The maximum absolute atomic E-state index is 9.79. The molecule has 0 aliphatic heterocycles. The summed E-state index contributed by atoms with van der Waals surface area (Å²) < 4.78 is 0. The molecular formula is C10H16O2. The molecule has 1 rings (SSSR count). The van der Waals surface area contributed by atoms with E-state index < -0.39 is 11.2 Å². The van der Waals surface area contributed by atoms with Gasteiger partial charge < -0.3 is 10.2 Å². The van der Waals surface area contributed by atoms with E-state index in [0.29, 0.717) is 0 Å². The Bertz CT molecular complexity index is 231. The average Bonchev–Trinajstić information content (AvgIpc) is 1.96. The molecule has 1 aliphatic carbocycles. The molecule has 0 saturated heterocycles. The monoisotopic (exact) mass is 168 g/mol. The van der Waals surface area contributed by atoms with Crippen molar-refractivity contribution in [3.63, 3.8) is 0 Å². The Morgan fingerprint density at radius 1 is 0.917 bits per heavy atom. The van der Waals surface area contributed by atoms with Crippen LogP contribution in [0.25, 0.3) is 0 Å². The Labute approximate surface area is 73.2 Å². The quantitative estimate of drug-likeness (QED) is 0.537. The summed E-state index contributed by atoms with van der Waals surface area (Å²) in [5, 5.41) is 19.6. The Morgan fingerprint density at radius 3 is 1.42 bits per heavy atom. The summed E-state index contributed by atoms with van der Waals surface area (Å²) in [5.74, 6) is 0. The second kappa shape index (κ2) is 2.44. The zero-order valence-corrected chi connectivity index (χ0v) is 8.05. The van der Waals surface area contributed by atoms with E-state index >= 15 is 0 Å². The van der Waals surface area contributed by atoms with Gasteiger partial charge in [0.15, 0.2) is 0 Å². The van der Waals surface area contributed by atoms with Gasteiger partial charge in [-0.25, -0.2) is 0 Å². The largest absolute Gasteiger partial charge is 0.382 e. The summed E-state index contributed by atoms with van der Waals surface area (Å²) >= 11 is 0. The second-order valence-corrected chi connectivity index (χ2v) is 3.88. The maximum atomic E-state index is 9.79. The normalized spacial score (nSPS) is 42.2. The van der Waals surface area contributed by atoms with Crippen molar-refractivity contribution in [1.82, 2.24) is 0 Å². The molecule has 0 aromatic rings. The van der Waals surface area contributed by atoms with Gasteiger partial charge in [0, 0.05) is 0 Å². The van der Waals surface area contributed by atoms with Gasteiger partial charge >= 0.3 is 0 Å². The van der Waals surface area contributed by atoms with E-state index in [1.54, 1.807) is 26.0 Å². The third-order valence-electron chi connectivity index (χ3n) is 2.81. The molecular weight excluding hydrogens is 152 g/mol. The van der Waals surface area contributed by atoms with Crippen LogP contribution in [0.1, 0.15) is 27.7 Å². The number of rotatable bonds is 0. The fourth-order valence-electron chi connectivity index (χ4n) is 1.33. The summed E-state index contributed by atoms with van der Waals surface area (Å²) in [6.45, 7) is 7.12. The predicted molar refractivity (Wildman–Crippen MR) is 48.8 cm³/mol. The lowest BCUT2D eigenvalue weighted by molar-refractivity contribution is 0.108. The van der Waals surface area contributed by atoms with Crippen LogP contribution in [0.5, 0.6) is 0 Å². The smallest absolute Gasteiger partial charge is 0.101 e. The van der Waals surface area contributed by atoms with Crippen LogP contribution in [0.2, 0.25) is 0 Å². The van der Waals surface area contributed by atoms with E-state index in [1.807, 2.05) is 13.8 Å². The van der Waals surface area contributed by atoms with E-state index in [2.05, 4.69) is 0 Å². The summed E-state index contributed by atoms with van der Waals surface area (Å²) in [6, 6.07) is 0. The van der Waals surface area contributed by atoms with Crippen molar-refractivity contribution in [3.05, 3.63) is 23.3 Å². The van der Waals surface area contributed by atoms with Gasteiger partial charge in [-0.05, 0) is 38.8 Å². The summed E-state index contributed by atoms with van der Waals surface area (Å²) in [5.41, 5.74) is -0.136. The first-order chi connectivity index (χ1) is 5.27. The molecule has 2 N–H and O–H groups in total. The molecule has 0 aromatic heterocycles. The first kappa shape index (κ1) is 9.49. The number of hydrogen-bond acceptors (Lipinski definition) is 2. The standard InChI is InChI=1S/C10H16O2/c1-7-8(2)10(4,12)6-5-9(7,3)11/h5-6,11-12H,1-4H3. The van der Waals surface area contributed by atoms with Crippen LogP contribution in [0.15, 0.2) is 23.3 Å². The Morgan fingerprint density at radius 2 is 1.17 bits per heavy atom. The highest BCUT2D eigenvalue weighted by molar-refractivity contribution is 5.39. The molecule has 2 nitrogen and oxygen atoms in total. The Balaban J connectivity index is 3.18. The molecule has 0 radical (unpaired) electrons. The van der Waals surface area contributed by atoms with Gasteiger partial charge in [0.05, 0.1) is 0 Å². The fourth-order valence-corrected chi connectivity index (χ4v) is 1.33. The third-order valence-corrected chi connectivity index (χ3v) is 2.81. The Kier molecular flexibility index (Phi) is 1.93. The van der Waals surface area contributed by atoms with Crippen molar-refractivity contribution in [3.8, 4) is 0 Å². The minimum Gasteiger partial charge on any atom is -0.382 e. The predicted octanol–water partition coefficient (Wildman–Crippen LogP) is 1.39.